The van der Waals surface area contributed by atoms with E-state index in [4.69, 9.17) is 0 Å². The van der Waals surface area contributed by atoms with Crippen LogP contribution in [0.5, 0.6) is 0 Å². The van der Waals surface area contributed by atoms with Gasteiger partial charge in [-0.2, -0.15) is 0 Å². The second-order valence-electron chi connectivity index (χ2n) is 6.06. The number of hydrogen-bond donors (Lipinski definition) is 0. The van der Waals surface area contributed by atoms with E-state index < -0.39 is 0 Å². The van der Waals surface area contributed by atoms with E-state index in [0.29, 0.717) is 0 Å². The van der Waals surface area contributed by atoms with Gasteiger partial charge < -0.3 is 0 Å². The molecule has 0 bridgehead atoms. The van der Waals surface area contributed by atoms with Crippen molar-refractivity contribution >= 4 is 0 Å². The van der Waals surface area contributed by atoms with Crippen LogP contribution in [0, 0.1) is 5.92 Å². The van der Waals surface area contributed by atoms with E-state index in [1.165, 1.54) is 65.0 Å². The summed E-state index contributed by atoms with van der Waals surface area (Å²) in [5, 5.41) is 0. The molecule has 0 N–H and O–H groups in total. The molecular weight excluding hydrogens is 198 g/mol. The maximum Gasteiger partial charge on any atom is 0.0787 e. The summed E-state index contributed by atoms with van der Waals surface area (Å²) in [5.74, 6) is 1.01. The van der Waals surface area contributed by atoms with Gasteiger partial charge in [0.05, 0.1) is 6.17 Å². The van der Waals surface area contributed by atoms with Crippen LogP contribution in [0.3, 0.4) is 0 Å². The van der Waals surface area contributed by atoms with Gasteiger partial charge in [0, 0.05) is 32.2 Å². The van der Waals surface area contributed by atoms with E-state index in [2.05, 4.69) is 14.7 Å². The zero-order valence-electron chi connectivity index (χ0n) is 10.1. The van der Waals surface area contributed by atoms with Crippen molar-refractivity contribution in [3.63, 3.8) is 0 Å². The minimum Gasteiger partial charge on any atom is -0.296 e. The van der Waals surface area contributed by atoms with E-state index in [1.54, 1.807) is 0 Å². The second kappa shape index (κ2) is 3.69. The maximum atomic E-state index is 2.80. The Morgan fingerprint density at radius 1 is 0.625 bits per heavy atom. The van der Waals surface area contributed by atoms with Crippen LogP contribution >= 0.6 is 0 Å². The molecule has 16 heavy (non-hydrogen) atoms. The molecule has 4 heterocycles. The zero-order valence-corrected chi connectivity index (χ0v) is 10.1. The lowest BCUT2D eigenvalue weighted by atomic mass is 9.89. The fourth-order valence-corrected chi connectivity index (χ4v) is 4.61. The summed E-state index contributed by atoms with van der Waals surface area (Å²) in [6.45, 7) is 8.07. The maximum absolute atomic E-state index is 2.80. The number of hydrogen-bond acceptors (Lipinski definition) is 3. The summed E-state index contributed by atoms with van der Waals surface area (Å²) in [4.78, 5) is 8.36. The standard InChI is InChI=1S/C13H23N3/c1-2-5-15-9-10-16-8-7-14-6-4-11(3-1)12(14)13(15)16/h11-13H,1-10H2. The number of piperazine rings is 1. The van der Waals surface area contributed by atoms with Crippen molar-refractivity contribution in [2.24, 2.45) is 5.92 Å². The van der Waals surface area contributed by atoms with Crippen LogP contribution in [0.4, 0.5) is 0 Å². The van der Waals surface area contributed by atoms with Gasteiger partial charge in [0.1, 0.15) is 0 Å². The van der Waals surface area contributed by atoms with Crippen LogP contribution in [0.1, 0.15) is 25.7 Å². The molecule has 3 heteroatoms. The highest BCUT2D eigenvalue weighted by atomic mass is 15.5. The van der Waals surface area contributed by atoms with Gasteiger partial charge in [0.25, 0.3) is 0 Å². The molecule has 0 amide bonds. The molecule has 90 valence electrons. The first kappa shape index (κ1) is 9.86. The van der Waals surface area contributed by atoms with Crippen LogP contribution in [0.15, 0.2) is 0 Å². The van der Waals surface area contributed by atoms with Crippen molar-refractivity contribution in [3.05, 3.63) is 0 Å². The van der Waals surface area contributed by atoms with Gasteiger partial charge in [0.15, 0.2) is 0 Å². The van der Waals surface area contributed by atoms with E-state index in [1.807, 2.05) is 0 Å². The highest BCUT2D eigenvalue weighted by Gasteiger charge is 2.49. The first-order chi connectivity index (χ1) is 7.93. The first-order valence-electron chi connectivity index (χ1n) is 7.16. The normalized spacial score (nSPS) is 45.4. The molecular formula is C13H23N3. The van der Waals surface area contributed by atoms with Crippen molar-refractivity contribution in [3.8, 4) is 0 Å². The molecule has 3 unspecified atom stereocenters. The van der Waals surface area contributed by atoms with Crippen LogP contribution in [-0.4, -0.2) is 66.2 Å². The number of rotatable bonds is 0. The largest absolute Gasteiger partial charge is 0.296 e. The van der Waals surface area contributed by atoms with Gasteiger partial charge >= 0.3 is 0 Å². The Kier molecular flexibility index (Phi) is 2.27. The Morgan fingerprint density at radius 3 is 2.25 bits per heavy atom. The topological polar surface area (TPSA) is 9.72 Å². The van der Waals surface area contributed by atoms with Crippen molar-refractivity contribution in [2.45, 2.75) is 37.9 Å². The van der Waals surface area contributed by atoms with Gasteiger partial charge in [0.2, 0.25) is 0 Å². The SMILES string of the molecule is C1CCN2CCN3CCN4CCC(C1)C4C23. The average molecular weight is 221 g/mol. The predicted molar refractivity (Wildman–Crippen MR) is 64.3 cm³/mol. The second-order valence-corrected chi connectivity index (χ2v) is 6.06. The molecule has 4 aliphatic heterocycles. The molecule has 0 aromatic rings. The molecule has 4 rings (SSSR count). The Labute approximate surface area is 98.4 Å². The Bertz CT molecular complexity index is 252. The smallest absolute Gasteiger partial charge is 0.0787 e. The van der Waals surface area contributed by atoms with Crippen LogP contribution in [0.2, 0.25) is 0 Å². The molecule has 0 aromatic heterocycles. The summed E-state index contributed by atoms with van der Waals surface area (Å²) < 4.78 is 0. The molecule has 3 nitrogen and oxygen atoms in total. The summed E-state index contributed by atoms with van der Waals surface area (Å²) in [6.07, 6.45) is 6.68. The molecule has 3 atom stereocenters. The van der Waals surface area contributed by atoms with Crippen molar-refractivity contribution < 1.29 is 0 Å². The zero-order chi connectivity index (χ0) is 10.5. The van der Waals surface area contributed by atoms with Crippen LogP contribution in [0.25, 0.3) is 0 Å². The van der Waals surface area contributed by atoms with Gasteiger partial charge in [-0.3, -0.25) is 14.7 Å². The minimum atomic E-state index is 0.793. The average Bonchev–Trinajstić information content (AvgIpc) is 2.84. The molecule has 4 saturated heterocycles. The van der Waals surface area contributed by atoms with Crippen molar-refractivity contribution in [1.82, 2.24) is 14.7 Å². The summed E-state index contributed by atoms with van der Waals surface area (Å²) in [5.41, 5.74) is 0. The Morgan fingerprint density at radius 2 is 1.38 bits per heavy atom. The third-order valence-electron chi connectivity index (χ3n) is 5.36. The summed E-state index contributed by atoms with van der Waals surface area (Å²) in [7, 11) is 0. The van der Waals surface area contributed by atoms with Gasteiger partial charge in [-0.05, 0) is 38.3 Å². The summed E-state index contributed by atoms with van der Waals surface area (Å²) >= 11 is 0. The lowest BCUT2D eigenvalue weighted by Crippen LogP contribution is -2.61. The minimum absolute atomic E-state index is 0.793. The van der Waals surface area contributed by atoms with E-state index in [-0.39, 0.29) is 0 Å². The fourth-order valence-electron chi connectivity index (χ4n) is 4.61. The molecule has 4 aliphatic rings. The lowest BCUT2D eigenvalue weighted by Gasteiger charge is -2.46. The van der Waals surface area contributed by atoms with Crippen molar-refractivity contribution in [2.75, 3.05) is 39.3 Å². The predicted octanol–water partition coefficient (Wildman–Crippen LogP) is 0.818. The first-order valence-corrected chi connectivity index (χ1v) is 7.16. The molecule has 0 saturated carbocycles. The highest BCUT2D eigenvalue weighted by Crippen LogP contribution is 2.39. The summed E-state index contributed by atoms with van der Waals surface area (Å²) in [6, 6.07) is 0.886. The highest BCUT2D eigenvalue weighted by molar-refractivity contribution is 5.02. The van der Waals surface area contributed by atoms with Gasteiger partial charge in [-0.1, -0.05) is 6.42 Å². The molecule has 0 aliphatic carbocycles. The Hall–Kier alpha value is -0.120. The quantitative estimate of drug-likeness (QED) is 0.599. The van der Waals surface area contributed by atoms with E-state index >= 15 is 0 Å². The fraction of sp³-hybridized carbons (Fsp3) is 1.00. The monoisotopic (exact) mass is 221 g/mol. The molecule has 0 radical (unpaired) electrons. The van der Waals surface area contributed by atoms with E-state index in [9.17, 15) is 0 Å². The van der Waals surface area contributed by atoms with Crippen LogP contribution in [-0.2, 0) is 0 Å². The number of nitrogens with zero attached hydrogens (tertiary/aromatic N) is 3. The molecule has 0 spiro atoms. The van der Waals surface area contributed by atoms with Crippen LogP contribution < -0.4 is 0 Å². The van der Waals surface area contributed by atoms with E-state index in [0.717, 1.165) is 18.1 Å². The third kappa shape index (κ3) is 1.31. The van der Waals surface area contributed by atoms with Gasteiger partial charge in [-0.15, -0.1) is 0 Å². The Balaban J connectivity index is 1.68. The molecule has 4 fully saturated rings. The van der Waals surface area contributed by atoms with Gasteiger partial charge in [-0.25, -0.2) is 0 Å². The molecule has 0 aromatic carbocycles. The lowest BCUT2D eigenvalue weighted by molar-refractivity contribution is -0.0154. The van der Waals surface area contributed by atoms with Crippen molar-refractivity contribution in [1.29, 1.82) is 0 Å². The third-order valence-corrected chi connectivity index (χ3v) is 5.36.